The van der Waals surface area contributed by atoms with Crippen LogP contribution in [0.5, 0.6) is 5.75 Å². The summed E-state index contributed by atoms with van der Waals surface area (Å²) >= 11 is 1.21. The van der Waals surface area contributed by atoms with Gasteiger partial charge in [-0.05, 0) is 53.9 Å². The zero-order valence-electron chi connectivity index (χ0n) is 16.7. The molecule has 1 saturated heterocycles. The van der Waals surface area contributed by atoms with Crippen LogP contribution in [-0.4, -0.2) is 37.0 Å². The van der Waals surface area contributed by atoms with Crippen LogP contribution in [0.15, 0.2) is 42.5 Å². The predicted molar refractivity (Wildman–Crippen MR) is 115 cm³/mol. The first-order valence-electron chi connectivity index (χ1n) is 9.64. The van der Waals surface area contributed by atoms with Crippen LogP contribution in [-0.2, 0) is 0 Å². The summed E-state index contributed by atoms with van der Waals surface area (Å²) in [6, 6.07) is 12.2. The Balaban J connectivity index is 1.83. The summed E-state index contributed by atoms with van der Waals surface area (Å²) in [6.45, 7) is 1.05. The van der Waals surface area contributed by atoms with Gasteiger partial charge in [0.25, 0.3) is 5.91 Å². The fourth-order valence-corrected chi connectivity index (χ4v) is 4.78. The standard InChI is InChI=1S/C23H19F2N3O2S/c1-30-20-5-4-14(9-19(20)25)22-17(13-2-3-15(11-26)18(24)8-13)10-21(31-22)23(29)28-7-6-16(27)12-28/h2-5,8-10,16H,6-7,12,27H2,1H3/t16-/m1/s1. The number of nitrogens with two attached hydrogens (primary N) is 1. The Morgan fingerprint density at radius 3 is 2.55 bits per heavy atom. The first kappa shape index (κ1) is 21.0. The molecule has 1 atom stereocenters. The topological polar surface area (TPSA) is 79.3 Å². The predicted octanol–water partition coefficient (Wildman–Crippen LogP) is 4.41. The lowest BCUT2D eigenvalue weighted by molar-refractivity contribution is 0.0795. The minimum atomic E-state index is -0.656. The fraction of sp³-hybridized carbons (Fsp3) is 0.217. The van der Waals surface area contributed by atoms with Crippen molar-refractivity contribution in [2.75, 3.05) is 20.2 Å². The Morgan fingerprint density at radius 2 is 1.94 bits per heavy atom. The summed E-state index contributed by atoms with van der Waals surface area (Å²) in [5, 5.41) is 9.01. The molecule has 31 heavy (non-hydrogen) atoms. The Bertz CT molecular complexity index is 1200. The monoisotopic (exact) mass is 439 g/mol. The van der Waals surface area contributed by atoms with E-state index in [4.69, 9.17) is 15.7 Å². The second-order valence-electron chi connectivity index (χ2n) is 7.31. The molecule has 4 rings (SSSR count). The third-order valence-electron chi connectivity index (χ3n) is 5.27. The van der Waals surface area contributed by atoms with Gasteiger partial charge < -0.3 is 15.4 Å². The molecule has 0 unspecified atom stereocenters. The van der Waals surface area contributed by atoms with E-state index >= 15 is 0 Å². The second-order valence-corrected chi connectivity index (χ2v) is 8.36. The molecule has 1 aliphatic rings. The maximum Gasteiger partial charge on any atom is 0.264 e. The van der Waals surface area contributed by atoms with Gasteiger partial charge in [-0.25, -0.2) is 8.78 Å². The fourth-order valence-electron chi connectivity index (χ4n) is 3.63. The van der Waals surface area contributed by atoms with Crippen molar-refractivity contribution in [2.45, 2.75) is 12.5 Å². The van der Waals surface area contributed by atoms with Crippen LogP contribution in [0, 0.1) is 23.0 Å². The van der Waals surface area contributed by atoms with Gasteiger partial charge in [0.2, 0.25) is 0 Å². The molecule has 2 aromatic carbocycles. The molecule has 1 fully saturated rings. The van der Waals surface area contributed by atoms with Gasteiger partial charge in [-0.15, -0.1) is 11.3 Å². The number of nitriles is 1. The van der Waals surface area contributed by atoms with Gasteiger partial charge in [0, 0.05) is 29.6 Å². The van der Waals surface area contributed by atoms with Gasteiger partial charge in [-0.1, -0.05) is 6.07 Å². The SMILES string of the molecule is COc1ccc(-c2sc(C(=O)N3CC[C@@H](N)C3)cc2-c2ccc(C#N)c(F)c2)cc1F. The average Bonchev–Trinajstić information content (AvgIpc) is 3.40. The van der Waals surface area contributed by atoms with Gasteiger partial charge in [-0.3, -0.25) is 4.79 Å². The molecule has 3 aromatic rings. The third-order valence-corrected chi connectivity index (χ3v) is 6.44. The van der Waals surface area contributed by atoms with Crippen molar-refractivity contribution in [3.05, 3.63) is 64.5 Å². The van der Waals surface area contributed by atoms with Crippen LogP contribution in [0.25, 0.3) is 21.6 Å². The number of amides is 1. The van der Waals surface area contributed by atoms with E-state index in [0.717, 1.165) is 6.42 Å². The highest BCUT2D eigenvalue weighted by atomic mass is 32.1. The molecule has 158 valence electrons. The molecular weight excluding hydrogens is 420 g/mol. The Hall–Kier alpha value is -3.28. The maximum absolute atomic E-state index is 14.4. The number of carbonyl (C=O) groups excluding carboxylic acids is 1. The van der Waals surface area contributed by atoms with Crippen LogP contribution in [0.1, 0.15) is 21.7 Å². The van der Waals surface area contributed by atoms with Gasteiger partial charge in [0.15, 0.2) is 11.6 Å². The van der Waals surface area contributed by atoms with Crippen molar-refractivity contribution in [3.63, 3.8) is 0 Å². The van der Waals surface area contributed by atoms with Gasteiger partial charge in [-0.2, -0.15) is 5.26 Å². The number of nitrogens with zero attached hydrogens (tertiary/aromatic N) is 2. The van der Waals surface area contributed by atoms with E-state index < -0.39 is 11.6 Å². The number of carbonyl (C=O) groups is 1. The second kappa shape index (κ2) is 8.46. The molecule has 0 aliphatic carbocycles. The lowest BCUT2D eigenvalue weighted by Gasteiger charge is -2.14. The molecule has 1 amide bonds. The molecule has 2 N–H and O–H groups in total. The summed E-state index contributed by atoms with van der Waals surface area (Å²) in [5.74, 6) is -1.25. The van der Waals surface area contributed by atoms with Crippen molar-refractivity contribution >= 4 is 17.2 Å². The number of methoxy groups -OCH3 is 1. The summed E-state index contributed by atoms with van der Waals surface area (Å²) in [5.41, 5.74) is 7.49. The number of halogens is 2. The Kier molecular flexibility index (Phi) is 5.72. The first-order chi connectivity index (χ1) is 14.9. The molecule has 2 heterocycles. The highest BCUT2D eigenvalue weighted by Crippen LogP contribution is 2.41. The van der Waals surface area contributed by atoms with Gasteiger partial charge in [0.1, 0.15) is 11.9 Å². The first-order valence-corrected chi connectivity index (χ1v) is 10.5. The number of benzene rings is 2. The van der Waals surface area contributed by atoms with Gasteiger partial charge in [0.05, 0.1) is 17.6 Å². The molecule has 0 spiro atoms. The summed E-state index contributed by atoms with van der Waals surface area (Å²) < 4.78 is 33.7. The van der Waals surface area contributed by atoms with Crippen molar-refractivity contribution in [1.29, 1.82) is 5.26 Å². The largest absolute Gasteiger partial charge is 0.494 e. The van der Waals surface area contributed by atoms with Gasteiger partial charge >= 0.3 is 0 Å². The number of ether oxygens (including phenoxy) is 1. The molecule has 1 aliphatic heterocycles. The summed E-state index contributed by atoms with van der Waals surface area (Å²) in [7, 11) is 1.38. The van der Waals surface area contributed by atoms with E-state index in [0.29, 0.717) is 39.5 Å². The van der Waals surface area contributed by atoms with E-state index in [9.17, 15) is 13.6 Å². The smallest absolute Gasteiger partial charge is 0.264 e. The highest BCUT2D eigenvalue weighted by Gasteiger charge is 2.27. The van der Waals surface area contributed by atoms with E-state index in [1.165, 1.54) is 42.7 Å². The molecule has 1 aromatic heterocycles. The molecule has 0 saturated carbocycles. The van der Waals surface area contributed by atoms with E-state index in [1.807, 2.05) is 0 Å². The summed E-state index contributed by atoms with van der Waals surface area (Å²) in [6.07, 6.45) is 0.737. The quantitative estimate of drug-likeness (QED) is 0.653. The number of likely N-dealkylation sites (tertiary alicyclic amines) is 1. The zero-order chi connectivity index (χ0) is 22.1. The van der Waals surface area contributed by atoms with E-state index in [2.05, 4.69) is 0 Å². The molecule has 0 bridgehead atoms. The third kappa shape index (κ3) is 4.02. The van der Waals surface area contributed by atoms with Crippen molar-refractivity contribution in [3.8, 4) is 33.4 Å². The molecule has 5 nitrogen and oxygen atoms in total. The van der Waals surface area contributed by atoms with Crippen LogP contribution in [0.3, 0.4) is 0 Å². The van der Waals surface area contributed by atoms with Crippen molar-refractivity contribution in [2.24, 2.45) is 5.73 Å². The Morgan fingerprint density at radius 1 is 1.19 bits per heavy atom. The average molecular weight is 439 g/mol. The molecule has 8 heteroatoms. The van der Waals surface area contributed by atoms with Crippen LogP contribution >= 0.6 is 11.3 Å². The van der Waals surface area contributed by atoms with Crippen molar-refractivity contribution in [1.82, 2.24) is 4.90 Å². The normalized spacial score (nSPS) is 15.7. The molecule has 0 radical (unpaired) electrons. The minimum absolute atomic E-state index is 0.0499. The van der Waals surface area contributed by atoms with E-state index in [-0.39, 0.29) is 23.3 Å². The lowest BCUT2D eigenvalue weighted by Crippen LogP contribution is -2.31. The Labute approximate surface area is 182 Å². The van der Waals surface area contributed by atoms with Crippen LogP contribution in [0.4, 0.5) is 8.78 Å². The number of hydrogen-bond acceptors (Lipinski definition) is 5. The maximum atomic E-state index is 14.4. The number of rotatable bonds is 4. The zero-order valence-corrected chi connectivity index (χ0v) is 17.5. The van der Waals surface area contributed by atoms with E-state index in [1.54, 1.807) is 29.2 Å². The lowest BCUT2D eigenvalue weighted by atomic mass is 10.0. The number of thiophene rings is 1. The molecular formula is C23H19F2N3O2S. The van der Waals surface area contributed by atoms with Crippen LogP contribution in [0.2, 0.25) is 0 Å². The minimum Gasteiger partial charge on any atom is -0.494 e. The number of hydrogen-bond donors (Lipinski definition) is 1. The van der Waals surface area contributed by atoms with Crippen LogP contribution < -0.4 is 10.5 Å². The van der Waals surface area contributed by atoms with Crippen molar-refractivity contribution < 1.29 is 18.3 Å². The summed E-state index contributed by atoms with van der Waals surface area (Å²) in [4.78, 5) is 15.8. The highest BCUT2D eigenvalue weighted by molar-refractivity contribution is 7.18.